The van der Waals surface area contributed by atoms with Crippen LogP contribution < -0.4 is 5.73 Å². The van der Waals surface area contributed by atoms with Gasteiger partial charge in [0.25, 0.3) is 0 Å². The number of aromatic nitrogens is 3. The normalized spacial score (nSPS) is 10.6. The van der Waals surface area contributed by atoms with E-state index in [2.05, 4.69) is 10.3 Å². The third kappa shape index (κ3) is 2.68. The molecule has 0 saturated carbocycles. The molecule has 4 nitrogen and oxygen atoms in total. The Labute approximate surface area is 116 Å². The van der Waals surface area contributed by atoms with Crippen LogP contribution in [0.25, 0.3) is 0 Å². The van der Waals surface area contributed by atoms with E-state index in [9.17, 15) is 0 Å². The summed E-state index contributed by atoms with van der Waals surface area (Å²) in [7, 11) is 0. The quantitative estimate of drug-likeness (QED) is 0.872. The van der Waals surface area contributed by atoms with Gasteiger partial charge in [-0.2, -0.15) is 0 Å². The van der Waals surface area contributed by atoms with E-state index in [1.165, 1.54) is 0 Å². The molecular weight excluding hydrogens is 268 g/mol. The summed E-state index contributed by atoms with van der Waals surface area (Å²) >= 11 is 10.8. The predicted octanol–water partition coefficient (Wildman–Crippen LogP) is 2.18. The maximum Gasteiger partial charge on any atom is 0.143 e. The Kier molecular flexibility index (Phi) is 3.93. The van der Waals surface area contributed by atoms with Crippen molar-refractivity contribution in [2.75, 3.05) is 0 Å². The van der Waals surface area contributed by atoms with Crippen LogP contribution in [-0.2, 0) is 13.0 Å². The van der Waals surface area contributed by atoms with Crippen molar-refractivity contribution in [3.05, 3.63) is 46.2 Å². The Morgan fingerprint density at radius 3 is 2.61 bits per heavy atom. The van der Waals surface area contributed by atoms with Crippen molar-refractivity contribution >= 4 is 28.8 Å². The number of rotatable bonds is 4. The number of benzene rings is 1. The molecule has 1 heterocycles. The average Bonchev–Trinajstić information content (AvgIpc) is 2.75. The molecule has 2 aromatic rings. The molecule has 2 rings (SSSR count). The lowest BCUT2D eigenvalue weighted by atomic mass is 10.2. The first-order valence-electron chi connectivity index (χ1n) is 5.58. The summed E-state index contributed by atoms with van der Waals surface area (Å²) in [5.41, 5.74) is 8.29. The molecule has 0 saturated heterocycles. The molecule has 6 heteroatoms. The molecule has 94 valence electrons. The molecule has 0 aliphatic heterocycles. The van der Waals surface area contributed by atoms with Crippen molar-refractivity contribution in [1.29, 1.82) is 0 Å². The van der Waals surface area contributed by atoms with Crippen LogP contribution in [0.5, 0.6) is 0 Å². The molecule has 0 unspecified atom stereocenters. The molecule has 0 bridgehead atoms. The van der Waals surface area contributed by atoms with Crippen LogP contribution in [0.4, 0.5) is 0 Å². The zero-order valence-electron chi connectivity index (χ0n) is 9.93. The monoisotopic (exact) mass is 280 g/mol. The lowest BCUT2D eigenvalue weighted by molar-refractivity contribution is 0.622. The fourth-order valence-electron chi connectivity index (χ4n) is 1.76. The van der Waals surface area contributed by atoms with Crippen LogP contribution in [0.15, 0.2) is 24.3 Å². The number of nitrogens with zero attached hydrogens (tertiary/aromatic N) is 3. The Bertz CT molecular complexity index is 562. The van der Waals surface area contributed by atoms with Crippen LogP contribution in [-0.4, -0.2) is 20.0 Å². The van der Waals surface area contributed by atoms with Crippen molar-refractivity contribution in [3.63, 3.8) is 0 Å². The van der Waals surface area contributed by atoms with E-state index >= 15 is 0 Å². The van der Waals surface area contributed by atoms with Gasteiger partial charge >= 0.3 is 0 Å². The third-order valence-corrected chi connectivity index (χ3v) is 3.10. The molecule has 0 spiro atoms. The van der Waals surface area contributed by atoms with Gasteiger partial charge in [-0.25, -0.2) is 4.68 Å². The number of nitrogens with two attached hydrogens (primary N) is 1. The minimum absolute atomic E-state index is 0.286. The van der Waals surface area contributed by atoms with E-state index < -0.39 is 0 Å². The van der Waals surface area contributed by atoms with Crippen molar-refractivity contribution < 1.29 is 0 Å². The lowest BCUT2D eigenvalue weighted by Gasteiger charge is -2.06. The predicted molar refractivity (Wildman–Crippen MR) is 75.8 cm³/mol. The van der Waals surface area contributed by atoms with Gasteiger partial charge < -0.3 is 5.73 Å². The first kappa shape index (κ1) is 13.0. The number of hydrogen-bond acceptors (Lipinski definition) is 3. The van der Waals surface area contributed by atoms with Crippen LogP contribution >= 0.6 is 23.8 Å². The zero-order chi connectivity index (χ0) is 13.1. The standard InChI is InChI=1S/C12H13ClN4S/c1-2-10-11(12(14)18)15-16-17(10)7-8-3-5-9(13)6-4-8/h3-6H,2,7H2,1H3,(H2,14,18). The van der Waals surface area contributed by atoms with Gasteiger partial charge in [-0.3, -0.25) is 0 Å². The minimum atomic E-state index is 0.286. The van der Waals surface area contributed by atoms with Crippen molar-refractivity contribution in [2.24, 2.45) is 5.73 Å². The average molecular weight is 281 g/mol. The van der Waals surface area contributed by atoms with E-state index in [1.807, 2.05) is 35.9 Å². The van der Waals surface area contributed by atoms with Gasteiger partial charge in [0.2, 0.25) is 0 Å². The smallest absolute Gasteiger partial charge is 0.143 e. The fraction of sp³-hybridized carbons (Fsp3) is 0.250. The highest BCUT2D eigenvalue weighted by molar-refractivity contribution is 7.80. The first-order chi connectivity index (χ1) is 8.61. The summed E-state index contributed by atoms with van der Waals surface area (Å²) in [6.07, 6.45) is 0.785. The van der Waals surface area contributed by atoms with Gasteiger partial charge in [0.1, 0.15) is 10.7 Å². The van der Waals surface area contributed by atoms with Gasteiger partial charge in [-0.1, -0.05) is 48.1 Å². The summed E-state index contributed by atoms with van der Waals surface area (Å²) < 4.78 is 1.82. The number of hydrogen-bond donors (Lipinski definition) is 1. The minimum Gasteiger partial charge on any atom is -0.388 e. The van der Waals surface area contributed by atoms with Crippen LogP contribution in [0.2, 0.25) is 5.02 Å². The molecule has 0 aliphatic rings. The van der Waals surface area contributed by atoms with Gasteiger partial charge in [-0.15, -0.1) is 5.10 Å². The summed E-state index contributed by atoms with van der Waals surface area (Å²) in [4.78, 5) is 0.286. The second kappa shape index (κ2) is 5.46. The van der Waals surface area contributed by atoms with Crippen LogP contribution in [0, 0.1) is 0 Å². The summed E-state index contributed by atoms with van der Waals surface area (Å²) in [6.45, 7) is 2.66. The lowest BCUT2D eigenvalue weighted by Crippen LogP contribution is -2.14. The molecule has 0 amide bonds. The molecule has 1 aromatic heterocycles. The second-order valence-corrected chi connectivity index (χ2v) is 4.76. The largest absolute Gasteiger partial charge is 0.388 e. The van der Waals surface area contributed by atoms with E-state index in [0.717, 1.165) is 22.7 Å². The molecule has 0 atom stereocenters. The molecule has 1 aromatic carbocycles. The summed E-state index contributed by atoms with van der Waals surface area (Å²) in [5.74, 6) is 0. The summed E-state index contributed by atoms with van der Waals surface area (Å²) in [5, 5.41) is 8.83. The van der Waals surface area contributed by atoms with E-state index in [0.29, 0.717) is 12.2 Å². The topological polar surface area (TPSA) is 56.7 Å². The number of thiocarbonyl (C=S) groups is 1. The van der Waals surface area contributed by atoms with Crippen molar-refractivity contribution in [2.45, 2.75) is 19.9 Å². The van der Waals surface area contributed by atoms with Crippen molar-refractivity contribution in [1.82, 2.24) is 15.0 Å². The molecule has 0 fully saturated rings. The van der Waals surface area contributed by atoms with Gasteiger partial charge in [0.05, 0.1) is 12.2 Å². The van der Waals surface area contributed by atoms with Gasteiger partial charge in [0, 0.05) is 5.02 Å². The van der Waals surface area contributed by atoms with Gasteiger partial charge in [-0.05, 0) is 24.1 Å². The molecule has 0 radical (unpaired) electrons. The van der Waals surface area contributed by atoms with Crippen LogP contribution in [0.1, 0.15) is 23.9 Å². The SMILES string of the molecule is CCc1c(C(N)=S)nnn1Cc1ccc(Cl)cc1. The van der Waals surface area contributed by atoms with Crippen LogP contribution in [0.3, 0.4) is 0 Å². The third-order valence-electron chi connectivity index (χ3n) is 2.65. The van der Waals surface area contributed by atoms with E-state index in [1.54, 1.807) is 0 Å². The highest BCUT2D eigenvalue weighted by Gasteiger charge is 2.13. The molecule has 18 heavy (non-hydrogen) atoms. The molecule has 0 aliphatic carbocycles. The maximum atomic E-state index is 5.85. The number of halogens is 1. The second-order valence-electron chi connectivity index (χ2n) is 3.89. The highest BCUT2D eigenvalue weighted by atomic mass is 35.5. The maximum absolute atomic E-state index is 5.85. The van der Waals surface area contributed by atoms with Gasteiger partial charge in [0.15, 0.2) is 0 Å². The molecular formula is C12H13ClN4S. The summed E-state index contributed by atoms with van der Waals surface area (Å²) in [6, 6.07) is 7.63. The first-order valence-corrected chi connectivity index (χ1v) is 6.37. The Morgan fingerprint density at radius 2 is 2.06 bits per heavy atom. The Balaban J connectivity index is 2.29. The fourth-order valence-corrected chi connectivity index (χ4v) is 2.05. The van der Waals surface area contributed by atoms with E-state index in [4.69, 9.17) is 29.6 Å². The molecule has 2 N–H and O–H groups in total. The Hall–Kier alpha value is -1.46. The zero-order valence-corrected chi connectivity index (χ0v) is 11.5. The Morgan fingerprint density at radius 1 is 1.39 bits per heavy atom. The van der Waals surface area contributed by atoms with E-state index in [-0.39, 0.29) is 4.99 Å². The highest BCUT2D eigenvalue weighted by Crippen LogP contribution is 2.13. The van der Waals surface area contributed by atoms with Crippen molar-refractivity contribution in [3.8, 4) is 0 Å².